The van der Waals surface area contributed by atoms with Crippen molar-refractivity contribution in [2.24, 2.45) is 0 Å². The summed E-state index contributed by atoms with van der Waals surface area (Å²) in [5.74, 6) is -2.48. The number of anilines is 2. The quantitative estimate of drug-likeness (QED) is 0.285. The van der Waals surface area contributed by atoms with Crippen LogP contribution in [-0.4, -0.2) is 33.3 Å². The maximum Gasteiger partial charge on any atom is 0.335 e. The minimum Gasteiger partial charge on any atom is -0.478 e. The van der Waals surface area contributed by atoms with Gasteiger partial charge >= 0.3 is 5.97 Å². The highest BCUT2D eigenvalue weighted by Gasteiger charge is 2.12. The molecule has 2 amide bonds. The molecule has 0 saturated heterocycles. The Bertz CT molecular complexity index is 1190. The van der Waals surface area contributed by atoms with Crippen molar-refractivity contribution in [2.45, 2.75) is 0 Å². The van der Waals surface area contributed by atoms with E-state index in [0.717, 1.165) is 11.6 Å². The molecule has 0 aromatic heterocycles. The number of aromatic carboxylic acids is 1. The van der Waals surface area contributed by atoms with E-state index in [1.807, 2.05) is 30.3 Å². The summed E-state index contributed by atoms with van der Waals surface area (Å²) >= 11 is 0. The molecular weight excluding hydrogens is 424 g/mol. The molecule has 0 fully saturated rings. The number of amides is 2. The zero-order valence-electron chi connectivity index (χ0n) is 17.3. The lowest BCUT2D eigenvalue weighted by Gasteiger charge is -2.13. The largest absolute Gasteiger partial charge is 0.478 e. The number of hydrogen-bond donors (Lipinski definition) is 3. The standard InChI is InChI=1S/C25H20N2O6/c28-23(16-8-18-4-2-1-3-5-18)26(32)21-12-6-19(7-13-21)9-17-24(29)27(33)22-14-10-20(11-15-22)25(30)31/h1-17,32-33H,(H,30,31). The van der Waals surface area contributed by atoms with Gasteiger partial charge in [-0.1, -0.05) is 42.5 Å². The Morgan fingerprint density at radius 2 is 1.03 bits per heavy atom. The van der Waals surface area contributed by atoms with Crippen LogP contribution in [-0.2, 0) is 9.59 Å². The summed E-state index contributed by atoms with van der Waals surface area (Å²) < 4.78 is 0. The van der Waals surface area contributed by atoms with E-state index in [4.69, 9.17) is 5.11 Å². The van der Waals surface area contributed by atoms with Gasteiger partial charge in [-0.25, -0.2) is 4.79 Å². The molecule has 0 spiro atoms. The Kier molecular flexibility index (Phi) is 7.48. The second kappa shape index (κ2) is 10.7. The Hall–Kier alpha value is -4.53. The minimum atomic E-state index is -1.11. The van der Waals surface area contributed by atoms with Crippen LogP contribution in [0.4, 0.5) is 11.4 Å². The molecule has 0 bridgehead atoms. The van der Waals surface area contributed by atoms with Crippen molar-refractivity contribution >= 4 is 41.3 Å². The van der Waals surface area contributed by atoms with Crippen LogP contribution in [0.15, 0.2) is 91.0 Å². The number of rotatable bonds is 7. The van der Waals surface area contributed by atoms with Gasteiger partial charge in [-0.15, -0.1) is 0 Å². The lowest BCUT2D eigenvalue weighted by molar-refractivity contribution is -0.119. The predicted octanol–water partition coefficient (Wildman–Crippen LogP) is 4.26. The molecule has 0 heterocycles. The summed E-state index contributed by atoms with van der Waals surface area (Å²) in [6, 6.07) is 20.5. The van der Waals surface area contributed by atoms with Crippen LogP contribution >= 0.6 is 0 Å². The smallest absolute Gasteiger partial charge is 0.335 e. The van der Waals surface area contributed by atoms with Crippen LogP contribution in [0.5, 0.6) is 0 Å². The zero-order valence-corrected chi connectivity index (χ0v) is 17.3. The molecule has 8 heteroatoms. The minimum absolute atomic E-state index is 0.0298. The van der Waals surface area contributed by atoms with Gasteiger partial charge in [0.05, 0.1) is 16.9 Å². The molecule has 0 aliphatic carbocycles. The molecule has 3 rings (SSSR count). The van der Waals surface area contributed by atoms with Gasteiger partial charge in [0, 0.05) is 12.2 Å². The first-order valence-corrected chi connectivity index (χ1v) is 9.76. The molecule has 3 N–H and O–H groups in total. The molecule has 166 valence electrons. The van der Waals surface area contributed by atoms with Crippen LogP contribution < -0.4 is 10.1 Å². The molecule has 0 atom stereocenters. The highest BCUT2D eigenvalue weighted by atomic mass is 16.5. The maximum absolute atomic E-state index is 12.2. The second-order valence-electron chi connectivity index (χ2n) is 6.82. The summed E-state index contributed by atoms with van der Waals surface area (Å²) in [4.78, 5) is 35.2. The van der Waals surface area contributed by atoms with Gasteiger partial charge < -0.3 is 5.11 Å². The van der Waals surface area contributed by atoms with Crippen molar-refractivity contribution in [3.8, 4) is 0 Å². The lowest BCUT2D eigenvalue weighted by Crippen LogP contribution is -2.25. The number of carbonyl (C=O) groups is 3. The van der Waals surface area contributed by atoms with E-state index in [1.165, 1.54) is 48.6 Å². The second-order valence-corrected chi connectivity index (χ2v) is 6.82. The van der Waals surface area contributed by atoms with Crippen molar-refractivity contribution in [1.82, 2.24) is 0 Å². The summed E-state index contributed by atoms with van der Waals surface area (Å²) in [6.07, 6.45) is 5.41. The van der Waals surface area contributed by atoms with Crippen molar-refractivity contribution in [3.05, 3.63) is 108 Å². The van der Waals surface area contributed by atoms with Crippen molar-refractivity contribution in [1.29, 1.82) is 0 Å². The van der Waals surface area contributed by atoms with Gasteiger partial charge in [0.15, 0.2) is 0 Å². The van der Waals surface area contributed by atoms with Crippen LogP contribution in [0.2, 0.25) is 0 Å². The number of hydroxylamine groups is 2. The third kappa shape index (κ3) is 6.23. The van der Waals surface area contributed by atoms with Gasteiger partial charge in [-0.3, -0.25) is 20.0 Å². The fourth-order valence-electron chi connectivity index (χ4n) is 2.77. The topological polar surface area (TPSA) is 118 Å². The molecule has 8 nitrogen and oxygen atoms in total. The number of hydrogen-bond acceptors (Lipinski definition) is 5. The van der Waals surface area contributed by atoms with Crippen LogP contribution in [0.25, 0.3) is 12.2 Å². The van der Waals surface area contributed by atoms with Gasteiger partial charge in [0.25, 0.3) is 11.8 Å². The van der Waals surface area contributed by atoms with Gasteiger partial charge in [-0.2, -0.15) is 10.1 Å². The number of benzene rings is 3. The van der Waals surface area contributed by atoms with E-state index in [1.54, 1.807) is 18.2 Å². The van der Waals surface area contributed by atoms with Crippen molar-refractivity contribution in [3.63, 3.8) is 0 Å². The third-order valence-corrected chi connectivity index (χ3v) is 4.55. The average molecular weight is 444 g/mol. The maximum atomic E-state index is 12.2. The average Bonchev–Trinajstić information content (AvgIpc) is 2.85. The predicted molar refractivity (Wildman–Crippen MR) is 123 cm³/mol. The molecule has 33 heavy (non-hydrogen) atoms. The van der Waals surface area contributed by atoms with Gasteiger partial charge in [0.1, 0.15) is 0 Å². The molecule has 3 aromatic carbocycles. The first kappa shape index (κ1) is 23.1. The molecular formula is C25H20N2O6. The fourth-order valence-corrected chi connectivity index (χ4v) is 2.77. The van der Waals surface area contributed by atoms with E-state index in [0.29, 0.717) is 15.7 Å². The van der Waals surface area contributed by atoms with Crippen molar-refractivity contribution in [2.75, 3.05) is 10.1 Å². The number of carboxylic acid groups (broad SMARTS) is 1. The van der Waals surface area contributed by atoms with Crippen LogP contribution in [0.1, 0.15) is 21.5 Å². The highest BCUT2D eigenvalue weighted by Crippen LogP contribution is 2.17. The lowest BCUT2D eigenvalue weighted by atomic mass is 10.1. The van der Waals surface area contributed by atoms with Gasteiger partial charge in [0.2, 0.25) is 0 Å². The monoisotopic (exact) mass is 444 g/mol. The molecule has 0 aliphatic heterocycles. The SMILES string of the molecule is O=C(O)c1ccc(N(O)C(=O)C=Cc2ccc(N(O)C(=O)C=Cc3ccccc3)cc2)cc1. The van der Waals surface area contributed by atoms with E-state index >= 15 is 0 Å². The van der Waals surface area contributed by atoms with Crippen LogP contribution in [0.3, 0.4) is 0 Å². The summed E-state index contributed by atoms with van der Waals surface area (Å²) in [6.45, 7) is 0. The Morgan fingerprint density at radius 1 is 0.606 bits per heavy atom. The third-order valence-electron chi connectivity index (χ3n) is 4.55. The molecule has 0 saturated carbocycles. The van der Waals surface area contributed by atoms with E-state index in [2.05, 4.69) is 0 Å². The van der Waals surface area contributed by atoms with Crippen molar-refractivity contribution < 1.29 is 29.9 Å². The molecule has 3 aromatic rings. The Morgan fingerprint density at radius 3 is 1.48 bits per heavy atom. The van der Waals surface area contributed by atoms with Crippen LogP contribution in [0, 0.1) is 0 Å². The first-order valence-electron chi connectivity index (χ1n) is 9.76. The molecule has 0 unspecified atom stereocenters. The Labute approximate surface area is 189 Å². The summed E-state index contributed by atoms with van der Waals surface area (Å²) in [5, 5.41) is 29.9. The number of nitrogens with zero attached hydrogens (tertiary/aromatic N) is 2. The highest BCUT2D eigenvalue weighted by molar-refractivity contribution is 6.03. The fraction of sp³-hybridized carbons (Fsp3) is 0. The normalized spacial score (nSPS) is 11.0. The molecule has 0 radical (unpaired) electrons. The van der Waals surface area contributed by atoms with Gasteiger partial charge in [-0.05, 0) is 59.7 Å². The Balaban J connectivity index is 1.61. The number of carboxylic acids is 1. The molecule has 0 aliphatic rings. The first-order chi connectivity index (χ1) is 15.8. The number of carbonyl (C=O) groups excluding carboxylic acids is 2. The van der Waals surface area contributed by atoms with E-state index in [9.17, 15) is 24.8 Å². The summed E-state index contributed by atoms with van der Waals surface area (Å²) in [5.41, 5.74) is 1.79. The van der Waals surface area contributed by atoms with E-state index in [-0.39, 0.29) is 16.9 Å². The zero-order chi connectivity index (χ0) is 23.8. The summed E-state index contributed by atoms with van der Waals surface area (Å²) in [7, 11) is 0. The van der Waals surface area contributed by atoms with E-state index < -0.39 is 17.8 Å².